The molecule has 2 aliphatic rings. The molecule has 0 amide bonds. The van der Waals surface area contributed by atoms with Gasteiger partial charge in [0.15, 0.2) is 0 Å². The Bertz CT molecular complexity index is 1230. The van der Waals surface area contributed by atoms with Crippen LogP contribution in [0.5, 0.6) is 0 Å². The fourth-order valence-electron chi connectivity index (χ4n) is 5.63. The summed E-state index contributed by atoms with van der Waals surface area (Å²) < 4.78 is 1.75. The lowest BCUT2D eigenvalue weighted by atomic mass is 9.93. The molecule has 0 spiro atoms. The van der Waals surface area contributed by atoms with E-state index in [1.165, 1.54) is 44.9 Å². The zero-order valence-electron chi connectivity index (χ0n) is 20.9. The molecule has 1 aromatic heterocycles. The molecule has 7 heteroatoms. The third-order valence-corrected chi connectivity index (χ3v) is 7.48. The second kappa shape index (κ2) is 12.7. The molecule has 1 aliphatic heterocycles. The molecule has 1 saturated carbocycles. The highest BCUT2D eigenvalue weighted by Gasteiger charge is 2.27. The fourth-order valence-corrected chi connectivity index (χ4v) is 5.63. The molecule has 0 bridgehead atoms. The van der Waals surface area contributed by atoms with Crippen LogP contribution in [0.15, 0.2) is 64.2 Å². The lowest BCUT2D eigenvalue weighted by Gasteiger charge is -2.39. The summed E-state index contributed by atoms with van der Waals surface area (Å²) in [4.78, 5) is 40.2. The molecular formula is C29H37N3O4. The maximum atomic E-state index is 12.6. The van der Waals surface area contributed by atoms with Crippen LogP contribution in [0.4, 0.5) is 0 Å². The van der Waals surface area contributed by atoms with Gasteiger partial charge in [0.05, 0.1) is 17.5 Å². The first-order valence-corrected chi connectivity index (χ1v) is 13.3. The van der Waals surface area contributed by atoms with E-state index < -0.39 is 17.1 Å². The van der Waals surface area contributed by atoms with Crippen molar-refractivity contribution in [2.24, 2.45) is 0 Å². The van der Waals surface area contributed by atoms with Gasteiger partial charge in [0, 0.05) is 25.2 Å². The number of piperidine rings is 1. The number of carboxylic acids is 1. The first-order valence-electron chi connectivity index (χ1n) is 13.3. The first kappa shape index (κ1) is 25.9. The maximum absolute atomic E-state index is 12.6. The highest BCUT2D eigenvalue weighted by Crippen LogP contribution is 2.29. The predicted octanol–water partition coefficient (Wildman–Crippen LogP) is 4.75. The Kier molecular flexibility index (Phi) is 9.11. The van der Waals surface area contributed by atoms with Crippen molar-refractivity contribution in [1.29, 1.82) is 0 Å². The van der Waals surface area contributed by atoms with Crippen LogP contribution >= 0.6 is 0 Å². The summed E-state index contributed by atoms with van der Waals surface area (Å²) in [6, 6.07) is 17.6. The van der Waals surface area contributed by atoms with E-state index in [9.17, 15) is 14.4 Å². The Morgan fingerprint density at radius 1 is 0.806 bits per heavy atom. The van der Waals surface area contributed by atoms with Crippen LogP contribution in [0, 0.1) is 0 Å². The molecule has 3 aromatic rings. The van der Waals surface area contributed by atoms with Crippen molar-refractivity contribution in [3.05, 3.63) is 80.9 Å². The molecule has 1 aliphatic carbocycles. The monoisotopic (exact) mass is 491 g/mol. The van der Waals surface area contributed by atoms with Gasteiger partial charge in [0.1, 0.15) is 0 Å². The lowest BCUT2D eigenvalue weighted by molar-refractivity contribution is -0.136. The van der Waals surface area contributed by atoms with Crippen molar-refractivity contribution in [3.8, 4) is 0 Å². The number of nitrogens with zero attached hydrogens (tertiary/aromatic N) is 2. The lowest BCUT2D eigenvalue weighted by Crippen LogP contribution is -2.45. The number of fused-ring (bicyclic) bond motifs is 1. The van der Waals surface area contributed by atoms with Crippen LogP contribution < -0.4 is 11.1 Å². The zero-order chi connectivity index (χ0) is 25.3. The molecule has 2 N–H and O–H groups in total. The van der Waals surface area contributed by atoms with E-state index in [1.54, 1.807) is 16.7 Å². The van der Waals surface area contributed by atoms with Gasteiger partial charge in [0.2, 0.25) is 0 Å². The average Bonchev–Trinajstić information content (AvgIpc) is 2.86. The van der Waals surface area contributed by atoms with Gasteiger partial charge in [-0.15, -0.1) is 0 Å². The Labute approximate surface area is 211 Å². The van der Waals surface area contributed by atoms with Gasteiger partial charge in [-0.1, -0.05) is 74.6 Å². The number of H-pyrrole nitrogens is 1. The largest absolute Gasteiger partial charge is 0.481 e. The number of carbonyl (C=O) groups is 1. The van der Waals surface area contributed by atoms with Gasteiger partial charge < -0.3 is 15.0 Å². The maximum Gasteiger partial charge on any atom is 0.316 e. The number of hydrogen-bond acceptors (Lipinski definition) is 4. The third kappa shape index (κ3) is 6.72. The summed E-state index contributed by atoms with van der Waals surface area (Å²) in [5.41, 5.74) is 1.52. The minimum atomic E-state index is -0.786. The van der Waals surface area contributed by atoms with Crippen molar-refractivity contribution in [2.45, 2.75) is 76.3 Å². The number of aromatic amines is 1. The van der Waals surface area contributed by atoms with Gasteiger partial charge >= 0.3 is 17.1 Å². The second-order valence-electron chi connectivity index (χ2n) is 9.97. The van der Waals surface area contributed by atoms with Gasteiger partial charge in [-0.25, -0.2) is 0 Å². The molecule has 5 rings (SSSR count). The molecule has 192 valence electrons. The Hall–Kier alpha value is -3.19. The molecular weight excluding hydrogens is 454 g/mol. The van der Waals surface area contributed by atoms with E-state index in [4.69, 9.17) is 5.11 Å². The summed E-state index contributed by atoms with van der Waals surface area (Å²) in [6.07, 6.45) is 11.5. The Morgan fingerprint density at radius 2 is 1.42 bits per heavy atom. The molecule has 7 nitrogen and oxygen atoms in total. The molecule has 36 heavy (non-hydrogen) atoms. The SMILES string of the molecule is O=C(O)Cc1ccccc1.O=c1[nH]c2ccccc2n(C2CCN(C3CCCCCCC3)CC2)c1=O. The number of para-hydroxylation sites is 2. The number of likely N-dealkylation sites (tertiary alicyclic amines) is 1. The molecule has 0 unspecified atom stereocenters. The van der Waals surface area contributed by atoms with Crippen LogP contribution in [0.2, 0.25) is 0 Å². The van der Waals surface area contributed by atoms with Crippen molar-refractivity contribution >= 4 is 17.0 Å². The molecule has 2 aromatic carbocycles. The van der Waals surface area contributed by atoms with Crippen LogP contribution in [-0.4, -0.2) is 44.7 Å². The van der Waals surface area contributed by atoms with Gasteiger partial charge in [0.25, 0.3) is 0 Å². The third-order valence-electron chi connectivity index (χ3n) is 7.48. The first-order chi connectivity index (χ1) is 17.5. The molecule has 2 heterocycles. The van der Waals surface area contributed by atoms with Crippen molar-refractivity contribution in [3.63, 3.8) is 0 Å². The number of aromatic nitrogens is 2. The van der Waals surface area contributed by atoms with E-state index in [0.717, 1.165) is 42.5 Å². The topological polar surface area (TPSA) is 95.4 Å². The number of benzene rings is 2. The highest BCUT2D eigenvalue weighted by molar-refractivity contribution is 5.74. The summed E-state index contributed by atoms with van der Waals surface area (Å²) in [6.45, 7) is 2.06. The van der Waals surface area contributed by atoms with Gasteiger partial charge in [-0.05, 0) is 43.4 Å². The number of rotatable bonds is 4. The number of carboxylic acid groups (broad SMARTS) is 1. The quantitative estimate of drug-likeness (QED) is 0.514. The number of aliphatic carboxylic acids is 1. The number of hydrogen-bond donors (Lipinski definition) is 2. The normalized spacial score (nSPS) is 18.1. The number of nitrogens with one attached hydrogen (secondary N) is 1. The summed E-state index contributed by atoms with van der Waals surface area (Å²) in [7, 11) is 0. The average molecular weight is 492 g/mol. The summed E-state index contributed by atoms with van der Waals surface area (Å²) in [5, 5.41) is 8.37. The van der Waals surface area contributed by atoms with E-state index in [1.807, 2.05) is 42.5 Å². The van der Waals surface area contributed by atoms with E-state index in [2.05, 4.69) is 9.88 Å². The molecule has 0 atom stereocenters. The van der Waals surface area contributed by atoms with Gasteiger partial charge in [-0.2, -0.15) is 0 Å². The molecule has 1 saturated heterocycles. The highest BCUT2D eigenvalue weighted by atomic mass is 16.4. The van der Waals surface area contributed by atoms with Crippen LogP contribution in [0.25, 0.3) is 11.0 Å². The van der Waals surface area contributed by atoms with Crippen molar-refractivity contribution in [2.75, 3.05) is 13.1 Å². The van der Waals surface area contributed by atoms with Crippen LogP contribution in [0.1, 0.15) is 69.4 Å². The standard InChI is InChI=1S/C21H29N3O2.C8H8O2/c25-20-21(26)24(19-11-7-6-10-18(19)22-20)17-12-14-23(15-13-17)16-8-4-2-1-3-5-9-16;9-8(10)6-7-4-2-1-3-5-7/h6-7,10-11,16-17H,1-5,8-9,12-15H2,(H,22,25);1-5H,6H2,(H,9,10). The van der Waals surface area contributed by atoms with E-state index >= 15 is 0 Å². The van der Waals surface area contributed by atoms with E-state index in [-0.39, 0.29) is 12.5 Å². The summed E-state index contributed by atoms with van der Waals surface area (Å²) in [5.74, 6) is -0.786. The smallest absolute Gasteiger partial charge is 0.316 e. The zero-order valence-corrected chi connectivity index (χ0v) is 20.9. The molecule has 2 fully saturated rings. The second-order valence-corrected chi connectivity index (χ2v) is 9.97. The van der Waals surface area contributed by atoms with Crippen LogP contribution in [-0.2, 0) is 11.2 Å². The molecule has 0 radical (unpaired) electrons. The minimum Gasteiger partial charge on any atom is -0.481 e. The van der Waals surface area contributed by atoms with Crippen molar-refractivity contribution < 1.29 is 9.90 Å². The summed E-state index contributed by atoms with van der Waals surface area (Å²) >= 11 is 0. The van der Waals surface area contributed by atoms with Crippen LogP contribution in [0.3, 0.4) is 0 Å². The van der Waals surface area contributed by atoms with Crippen molar-refractivity contribution in [1.82, 2.24) is 14.5 Å². The Balaban J connectivity index is 0.000000256. The van der Waals surface area contributed by atoms with E-state index in [0.29, 0.717) is 6.04 Å². The fraction of sp³-hybridized carbons (Fsp3) is 0.483. The predicted molar refractivity (Wildman–Crippen MR) is 143 cm³/mol. The minimum absolute atomic E-state index is 0.112. The van der Waals surface area contributed by atoms with Gasteiger partial charge in [-0.3, -0.25) is 19.0 Å². The Morgan fingerprint density at radius 3 is 2.08 bits per heavy atom.